The first-order valence-electron chi connectivity index (χ1n) is 6.19. The lowest BCUT2D eigenvalue weighted by molar-refractivity contribution is 0.0944. The smallest absolute Gasteiger partial charge is 0.271 e. The van der Waals surface area contributed by atoms with E-state index < -0.39 is 11.6 Å². The van der Waals surface area contributed by atoms with Crippen LogP contribution >= 0.6 is 0 Å². The third-order valence-corrected chi connectivity index (χ3v) is 2.97. The molecule has 21 heavy (non-hydrogen) atoms. The summed E-state index contributed by atoms with van der Waals surface area (Å²) >= 11 is 0. The molecule has 3 aromatic rings. The summed E-state index contributed by atoms with van der Waals surface area (Å²) in [6.45, 7) is 0.159. The molecule has 0 bridgehead atoms. The van der Waals surface area contributed by atoms with E-state index in [0.717, 1.165) is 6.07 Å². The number of aromatic hydroxyl groups is 1. The van der Waals surface area contributed by atoms with Crippen molar-refractivity contribution in [2.45, 2.75) is 6.54 Å². The van der Waals surface area contributed by atoms with Crippen LogP contribution in [0.2, 0.25) is 0 Å². The molecule has 0 aliphatic rings. The average Bonchev–Trinajstić information content (AvgIpc) is 2.92. The van der Waals surface area contributed by atoms with E-state index in [9.17, 15) is 14.3 Å². The van der Waals surface area contributed by atoms with Crippen LogP contribution in [0.15, 0.2) is 42.7 Å². The Labute approximate surface area is 118 Å². The zero-order valence-electron chi connectivity index (χ0n) is 10.8. The van der Waals surface area contributed by atoms with Crippen LogP contribution in [0, 0.1) is 5.82 Å². The van der Waals surface area contributed by atoms with Gasteiger partial charge in [0.25, 0.3) is 5.91 Å². The van der Waals surface area contributed by atoms with E-state index in [1.165, 1.54) is 22.8 Å². The molecule has 0 aliphatic heterocycles. The Morgan fingerprint density at radius 1 is 1.38 bits per heavy atom. The molecule has 0 saturated carbocycles. The lowest BCUT2D eigenvalue weighted by Crippen LogP contribution is -2.24. The van der Waals surface area contributed by atoms with Crippen molar-refractivity contribution in [1.29, 1.82) is 0 Å². The predicted octanol–water partition coefficient (Wildman–Crippen LogP) is 1.50. The number of aromatic nitrogens is 3. The number of carbonyl (C=O) groups excluding carboxylic acids is 1. The first kappa shape index (κ1) is 13.0. The van der Waals surface area contributed by atoms with Crippen molar-refractivity contribution < 1.29 is 14.3 Å². The van der Waals surface area contributed by atoms with E-state index in [1.54, 1.807) is 18.3 Å². The van der Waals surface area contributed by atoms with E-state index in [2.05, 4.69) is 15.4 Å². The van der Waals surface area contributed by atoms with Gasteiger partial charge in [-0.2, -0.15) is 5.10 Å². The van der Waals surface area contributed by atoms with Crippen molar-refractivity contribution >= 4 is 11.6 Å². The number of fused-ring (bicyclic) bond motifs is 1. The minimum absolute atomic E-state index is 0.159. The zero-order chi connectivity index (χ0) is 14.8. The number of hydrogen-bond donors (Lipinski definition) is 2. The van der Waals surface area contributed by atoms with Crippen molar-refractivity contribution in [1.82, 2.24) is 19.9 Å². The number of halogens is 1. The van der Waals surface area contributed by atoms with Crippen molar-refractivity contribution in [3.8, 4) is 5.75 Å². The standard InChI is InChI=1S/C14H11FN4O2/c15-10-4-3-9(6-12(10)20)7-17-14(21)11-8-16-13-2-1-5-18-19(11)13/h1-6,8,20H,7H2,(H,17,21). The van der Waals surface area contributed by atoms with E-state index in [1.807, 2.05) is 0 Å². The Balaban J connectivity index is 1.76. The summed E-state index contributed by atoms with van der Waals surface area (Å²) in [6.07, 6.45) is 2.99. The third-order valence-electron chi connectivity index (χ3n) is 2.97. The van der Waals surface area contributed by atoms with Crippen LogP contribution in [-0.4, -0.2) is 25.6 Å². The highest BCUT2D eigenvalue weighted by atomic mass is 19.1. The molecule has 0 aliphatic carbocycles. The number of benzene rings is 1. The van der Waals surface area contributed by atoms with E-state index in [4.69, 9.17) is 0 Å². The van der Waals surface area contributed by atoms with Gasteiger partial charge in [0.1, 0.15) is 5.69 Å². The number of hydrogen-bond acceptors (Lipinski definition) is 4. The molecule has 3 rings (SSSR count). The fraction of sp³-hybridized carbons (Fsp3) is 0.0714. The monoisotopic (exact) mass is 286 g/mol. The number of nitrogens with zero attached hydrogens (tertiary/aromatic N) is 3. The molecule has 0 unspecified atom stereocenters. The van der Waals surface area contributed by atoms with Gasteiger partial charge in [0.05, 0.1) is 6.20 Å². The molecule has 1 aromatic carbocycles. The number of phenols is 1. The Kier molecular flexibility index (Phi) is 3.23. The molecular formula is C14H11FN4O2. The van der Waals surface area contributed by atoms with Gasteiger partial charge in [0, 0.05) is 12.7 Å². The van der Waals surface area contributed by atoms with Crippen LogP contribution in [-0.2, 0) is 6.54 Å². The second kappa shape index (κ2) is 5.20. The zero-order valence-corrected chi connectivity index (χ0v) is 10.8. The maximum absolute atomic E-state index is 12.9. The quantitative estimate of drug-likeness (QED) is 0.764. The second-order valence-corrected chi connectivity index (χ2v) is 4.41. The van der Waals surface area contributed by atoms with Crippen LogP contribution in [0.4, 0.5) is 4.39 Å². The Morgan fingerprint density at radius 3 is 3.05 bits per heavy atom. The molecule has 0 saturated heterocycles. The van der Waals surface area contributed by atoms with Crippen LogP contribution in [0.25, 0.3) is 5.65 Å². The molecule has 6 nitrogen and oxygen atoms in total. The highest BCUT2D eigenvalue weighted by Crippen LogP contribution is 2.16. The predicted molar refractivity (Wildman–Crippen MR) is 72.2 cm³/mol. The molecule has 0 fully saturated rings. The van der Waals surface area contributed by atoms with Gasteiger partial charge >= 0.3 is 0 Å². The first-order chi connectivity index (χ1) is 10.1. The fourth-order valence-corrected chi connectivity index (χ4v) is 1.93. The number of phenolic OH excluding ortho intramolecular Hbond substituents is 1. The van der Waals surface area contributed by atoms with Gasteiger partial charge in [-0.05, 0) is 29.8 Å². The average molecular weight is 286 g/mol. The summed E-state index contributed by atoms with van der Waals surface area (Å²) < 4.78 is 14.4. The van der Waals surface area contributed by atoms with E-state index in [-0.39, 0.29) is 12.5 Å². The SMILES string of the molecule is O=C(NCc1ccc(F)c(O)c1)c1cnc2cccnn12. The molecule has 1 amide bonds. The van der Waals surface area contributed by atoms with E-state index >= 15 is 0 Å². The molecule has 2 heterocycles. The maximum Gasteiger partial charge on any atom is 0.271 e. The number of amides is 1. The van der Waals surface area contributed by atoms with Crippen molar-refractivity contribution in [3.05, 3.63) is 59.8 Å². The lowest BCUT2D eigenvalue weighted by Gasteiger charge is -2.05. The normalized spacial score (nSPS) is 10.7. The van der Waals surface area contributed by atoms with Gasteiger partial charge in [-0.1, -0.05) is 6.07 Å². The van der Waals surface area contributed by atoms with E-state index in [0.29, 0.717) is 16.9 Å². The van der Waals surface area contributed by atoms with Gasteiger partial charge < -0.3 is 10.4 Å². The second-order valence-electron chi connectivity index (χ2n) is 4.41. The topological polar surface area (TPSA) is 79.5 Å². The minimum atomic E-state index is -0.698. The summed E-state index contributed by atoms with van der Waals surface area (Å²) in [4.78, 5) is 16.2. The summed E-state index contributed by atoms with van der Waals surface area (Å²) in [5.41, 5.74) is 1.46. The van der Waals surface area contributed by atoms with Crippen molar-refractivity contribution in [2.75, 3.05) is 0 Å². The summed E-state index contributed by atoms with van der Waals surface area (Å²) in [5, 5.41) is 16.0. The first-order valence-corrected chi connectivity index (χ1v) is 6.19. The van der Waals surface area contributed by atoms with Gasteiger partial charge in [-0.25, -0.2) is 13.9 Å². The molecule has 106 valence electrons. The Bertz CT molecular complexity index is 816. The van der Waals surface area contributed by atoms with Crippen LogP contribution in [0.1, 0.15) is 16.1 Å². The molecule has 2 N–H and O–H groups in total. The summed E-state index contributed by atoms with van der Waals surface area (Å²) in [6, 6.07) is 7.37. The van der Waals surface area contributed by atoms with Crippen LogP contribution in [0.3, 0.4) is 0 Å². The molecule has 0 spiro atoms. The largest absolute Gasteiger partial charge is 0.505 e. The van der Waals surface area contributed by atoms with Crippen molar-refractivity contribution in [2.24, 2.45) is 0 Å². The Morgan fingerprint density at radius 2 is 2.24 bits per heavy atom. The summed E-state index contributed by atoms with van der Waals surface area (Å²) in [7, 11) is 0. The fourth-order valence-electron chi connectivity index (χ4n) is 1.93. The molecular weight excluding hydrogens is 275 g/mol. The summed E-state index contributed by atoms with van der Waals surface area (Å²) in [5.74, 6) is -1.50. The molecule has 2 aromatic heterocycles. The van der Waals surface area contributed by atoms with Gasteiger partial charge in [-0.3, -0.25) is 4.79 Å². The highest BCUT2D eigenvalue weighted by molar-refractivity contribution is 5.93. The van der Waals surface area contributed by atoms with Gasteiger partial charge in [0.2, 0.25) is 0 Å². The molecule has 7 heteroatoms. The maximum atomic E-state index is 12.9. The minimum Gasteiger partial charge on any atom is -0.505 e. The molecule has 0 atom stereocenters. The highest BCUT2D eigenvalue weighted by Gasteiger charge is 2.12. The number of rotatable bonds is 3. The van der Waals surface area contributed by atoms with Crippen LogP contribution < -0.4 is 5.32 Å². The lowest BCUT2D eigenvalue weighted by atomic mass is 10.2. The third kappa shape index (κ3) is 2.53. The van der Waals surface area contributed by atoms with Crippen LogP contribution in [0.5, 0.6) is 5.75 Å². The number of carbonyl (C=O) groups is 1. The number of imidazole rings is 1. The Hall–Kier alpha value is -2.96. The van der Waals surface area contributed by atoms with Gasteiger partial charge in [-0.15, -0.1) is 0 Å². The number of nitrogens with one attached hydrogen (secondary N) is 1. The molecule has 0 radical (unpaired) electrons. The van der Waals surface area contributed by atoms with Gasteiger partial charge in [0.15, 0.2) is 17.2 Å². The van der Waals surface area contributed by atoms with Crippen molar-refractivity contribution in [3.63, 3.8) is 0 Å².